The number of aryl methyl sites for hydroxylation is 1. The molecule has 0 aliphatic carbocycles. The largest absolute Gasteiger partial charge is 0.495 e. The SMILES string of the molecule is COc1cc(C(=O)NC2CC(O)CN(Cc3cc(Cl)cc(Cl)c3)C2)ccc1-n1cnc(C)c1. The highest BCUT2D eigenvalue weighted by atomic mass is 35.5. The van der Waals surface area contributed by atoms with Gasteiger partial charge < -0.3 is 19.7 Å². The van der Waals surface area contributed by atoms with E-state index in [1.807, 2.05) is 35.9 Å². The molecular weight excluding hydrogens is 463 g/mol. The molecule has 0 bridgehead atoms. The van der Waals surface area contributed by atoms with Gasteiger partial charge in [0.1, 0.15) is 5.75 Å². The summed E-state index contributed by atoms with van der Waals surface area (Å²) in [6.07, 6.45) is 3.54. The molecule has 7 nitrogen and oxygen atoms in total. The van der Waals surface area contributed by atoms with Gasteiger partial charge in [-0.3, -0.25) is 9.69 Å². The van der Waals surface area contributed by atoms with Gasteiger partial charge >= 0.3 is 0 Å². The summed E-state index contributed by atoms with van der Waals surface area (Å²) in [5.74, 6) is 0.356. The lowest BCUT2D eigenvalue weighted by Gasteiger charge is -2.36. The van der Waals surface area contributed by atoms with Gasteiger partial charge in [0.25, 0.3) is 5.91 Å². The molecular formula is C24H26Cl2N4O3. The zero-order valence-electron chi connectivity index (χ0n) is 18.5. The van der Waals surface area contributed by atoms with E-state index in [2.05, 4.69) is 15.2 Å². The summed E-state index contributed by atoms with van der Waals surface area (Å²) in [5.41, 5.74) is 3.14. The van der Waals surface area contributed by atoms with E-state index < -0.39 is 6.10 Å². The molecule has 2 aromatic carbocycles. The van der Waals surface area contributed by atoms with Crippen LogP contribution in [-0.4, -0.2) is 57.8 Å². The Morgan fingerprint density at radius 3 is 2.64 bits per heavy atom. The van der Waals surface area contributed by atoms with Gasteiger partial charge in [0.15, 0.2) is 0 Å². The fourth-order valence-electron chi connectivity index (χ4n) is 4.21. The van der Waals surface area contributed by atoms with Gasteiger partial charge in [-0.25, -0.2) is 4.98 Å². The van der Waals surface area contributed by atoms with Crippen molar-refractivity contribution in [3.8, 4) is 11.4 Å². The van der Waals surface area contributed by atoms with Crippen LogP contribution < -0.4 is 10.1 Å². The number of ether oxygens (including phenoxy) is 1. The zero-order chi connectivity index (χ0) is 23.5. The first-order valence-corrected chi connectivity index (χ1v) is 11.4. The minimum atomic E-state index is -0.542. The van der Waals surface area contributed by atoms with E-state index in [1.165, 1.54) is 0 Å². The van der Waals surface area contributed by atoms with Gasteiger partial charge in [-0.05, 0) is 55.3 Å². The van der Waals surface area contributed by atoms with Gasteiger partial charge in [-0.15, -0.1) is 0 Å². The monoisotopic (exact) mass is 488 g/mol. The predicted octanol–water partition coefficient (Wildman–Crippen LogP) is 3.86. The van der Waals surface area contributed by atoms with E-state index in [9.17, 15) is 9.90 Å². The first-order valence-electron chi connectivity index (χ1n) is 10.7. The average molecular weight is 489 g/mol. The molecule has 2 N–H and O–H groups in total. The van der Waals surface area contributed by atoms with Crippen LogP contribution in [0.3, 0.4) is 0 Å². The van der Waals surface area contributed by atoms with E-state index in [1.54, 1.807) is 31.6 Å². The molecule has 1 aliphatic heterocycles. The number of hydrogen-bond acceptors (Lipinski definition) is 5. The lowest BCUT2D eigenvalue weighted by Crippen LogP contribution is -2.52. The quantitative estimate of drug-likeness (QED) is 0.550. The van der Waals surface area contributed by atoms with Crippen LogP contribution in [0.25, 0.3) is 5.69 Å². The lowest BCUT2D eigenvalue weighted by molar-refractivity contribution is 0.0459. The molecule has 2 unspecified atom stereocenters. The maximum Gasteiger partial charge on any atom is 0.251 e. The Hall–Kier alpha value is -2.58. The summed E-state index contributed by atoms with van der Waals surface area (Å²) in [5, 5.41) is 14.6. The molecule has 1 aliphatic rings. The summed E-state index contributed by atoms with van der Waals surface area (Å²) in [7, 11) is 1.57. The maximum atomic E-state index is 13.0. The molecule has 2 heterocycles. The molecule has 0 saturated carbocycles. The van der Waals surface area contributed by atoms with Crippen LogP contribution in [0.1, 0.15) is 28.0 Å². The lowest BCUT2D eigenvalue weighted by atomic mass is 10.0. The number of imidazole rings is 1. The fourth-order valence-corrected chi connectivity index (χ4v) is 4.78. The number of piperidine rings is 1. The van der Waals surface area contributed by atoms with Crippen molar-refractivity contribution in [1.82, 2.24) is 19.8 Å². The maximum absolute atomic E-state index is 13.0. The molecule has 9 heteroatoms. The summed E-state index contributed by atoms with van der Waals surface area (Å²) in [6.45, 7) is 3.62. The molecule has 2 atom stereocenters. The summed E-state index contributed by atoms with van der Waals surface area (Å²) < 4.78 is 7.37. The second-order valence-corrected chi connectivity index (χ2v) is 9.21. The highest BCUT2D eigenvalue weighted by Gasteiger charge is 2.27. The van der Waals surface area contributed by atoms with Gasteiger partial charge in [0.2, 0.25) is 0 Å². The Balaban J connectivity index is 1.44. The second-order valence-electron chi connectivity index (χ2n) is 8.34. The third kappa shape index (κ3) is 5.86. The van der Waals surface area contributed by atoms with Crippen molar-refractivity contribution < 1.29 is 14.6 Å². The Bertz CT molecular complexity index is 1130. The Labute approximate surface area is 202 Å². The molecule has 1 saturated heterocycles. The van der Waals surface area contributed by atoms with Crippen molar-refractivity contribution in [3.05, 3.63) is 75.8 Å². The highest BCUT2D eigenvalue weighted by Crippen LogP contribution is 2.25. The van der Waals surface area contributed by atoms with Crippen molar-refractivity contribution in [2.24, 2.45) is 0 Å². The Morgan fingerprint density at radius 2 is 1.97 bits per heavy atom. The van der Waals surface area contributed by atoms with Crippen LogP contribution in [0.4, 0.5) is 0 Å². The first-order chi connectivity index (χ1) is 15.8. The number of carbonyl (C=O) groups is 1. The van der Waals surface area contributed by atoms with Crippen LogP contribution >= 0.6 is 23.2 Å². The van der Waals surface area contributed by atoms with Crippen molar-refractivity contribution >= 4 is 29.1 Å². The minimum Gasteiger partial charge on any atom is -0.495 e. The predicted molar refractivity (Wildman–Crippen MR) is 128 cm³/mol. The number of methoxy groups -OCH3 is 1. The molecule has 3 aromatic rings. The standard InChI is InChI=1S/C24H26Cl2N4O3/c1-15-10-30(14-27-15)22-4-3-17(7-23(22)33-2)24(32)28-20-9-21(31)13-29(12-20)11-16-5-18(25)8-19(26)6-16/h3-8,10,14,20-21,31H,9,11-13H2,1-2H3,(H,28,32). The van der Waals surface area contributed by atoms with Crippen LogP contribution in [0.5, 0.6) is 5.75 Å². The van der Waals surface area contributed by atoms with Crippen molar-refractivity contribution in [3.63, 3.8) is 0 Å². The summed E-state index contributed by atoms with van der Waals surface area (Å²) in [6, 6.07) is 10.5. The Morgan fingerprint density at radius 1 is 1.21 bits per heavy atom. The Kier molecular flexibility index (Phi) is 7.24. The summed E-state index contributed by atoms with van der Waals surface area (Å²) >= 11 is 12.2. The molecule has 1 amide bonds. The van der Waals surface area contributed by atoms with E-state index in [0.717, 1.165) is 16.9 Å². The van der Waals surface area contributed by atoms with Gasteiger partial charge in [0, 0.05) is 47.5 Å². The topological polar surface area (TPSA) is 79.6 Å². The second kappa shape index (κ2) is 10.1. The summed E-state index contributed by atoms with van der Waals surface area (Å²) in [4.78, 5) is 19.3. The smallest absolute Gasteiger partial charge is 0.251 e. The number of aromatic nitrogens is 2. The zero-order valence-corrected chi connectivity index (χ0v) is 20.0. The molecule has 0 radical (unpaired) electrons. The number of nitrogens with zero attached hydrogens (tertiary/aromatic N) is 3. The minimum absolute atomic E-state index is 0.196. The fraction of sp³-hybridized carbons (Fsp3) is 0.333. The van der Waals surface area contributed by atoms with E-state index in [4.69, 9.17) is 27.9 Å². The van der Waals surface area contributed by atoms with Gasteiger partial charge in [0.05, 0.1) is 30.9 Å². The number of aliphatic hydroxyl groups excluding tert-OH is 1. The average Bonchev–Trinajstić information content (AvgIpc) is 3.18. The van der Waals surface area contributed by atoms with Gasteiger partial charge in [-0.2, -0.15) is 0 Å². The number of amides is 1. The van der Waals surface area contributed by atoms with Crippen LogP contribution in [0.2, 0.25) is 10.0 Å². The molecule has 1 aromatic heterocycles. The number of rotatable bonds is 6. The number of β-amino-alcohol motifs (C(OH)–C–C–N with tert-alkyl or cyclic N) is 1. The van der Waals surface area contributed by atoms with Crippen molar-refractivity contribution in [2.75, 3.05) is 20.2 Å². The van der Waals surface area contributed by atoms with Crippen LogP contribution in [-0.2, 0) is 6.54 Å². The van der Waals surface area contributed by atoms with Crippen molar-refractivity contribution in [1.29, 1.82) is 0 Å². The van der Waals surface area contributed by atoms with E-state index >= 15 is 0 Å². The van der Waals surface area contributed by atoms with Gasteiger partial charge in [-0.1, -0.05) is 23.2 Å². The van der Waals surface area contributed by atoms with Crippen molar-refractivity contribution in [2.45, 2.75) is 32.0 Å². The third-order valence-electron chi connectivity index (χ3n) is 5.60. The molecule has 0 spiro atoms. The number of nitrogens with one attached hydrogen (secondary N) is 1. The number of hydrogen-bond donors (Lipinski definition) is 2. The number of likely N-dealkylation sites (tertiary alicyclic amines) is 1. The molecule has 4 rings (SSSR count). The molecule has 1 fully saturated rings. The molecule has 174 valence electrons. The third-order valence-corrected chi connectivity index (χ3v) is 6.04. The number of carbonyl (C=O) groups excluding carboxylic acids is 1. The number of benzene rings is 2. The number of halogens is 2. The number of aliphatic hydroxyl groups is 1. The molecule has 33 heavy (non-hydrogen) atoms. The highest BCUT2D eigenvalue weighted by molar-refractivity contribution is 6.34. The van der Waals surface area contributed by atoms with Crippen LogP contribution in [0.15, 0.2) is 48.9 Å². The van der Waals surface area contributed by atoms with Crippen LogP contribution in [0, 0.1) is 6.92 Å². The van der Waals surface area contributed by atoms with E-state index in [-0.39, 0.29) is 11.9 Å². The normalized spacial score (nSPS) is 18.8. The first kappa shape index (κ1) is 23.6. The van der Waals surface area contributed by atoms with E-state index in [0.29, 0.717) is 47.4 Å².